The van der Waals surface area contributed by atoms with Crippen LogP contribution >= 0.6 is 0 Å². The van der Waals surface area contributed by atoms with Gasteiger partial charge in [0.1, 0.15) is 6.33 Å². The Balaban J connectivity index is 2.65. The fourth-order valence-electron chi connectivity index (χ4n) is 2.40. The van der Waals surface area contributed by atoms with Crippen molar-refractivity contribution in [1.29, 1.82) is 0 Å². The zero-order valence-corrected chi connectivity index (χ0v) is 12.0. The van der Waals surface area contributed by atoms with E-state index in [-0.39, 0.29) is 11.6 Å². The number of hydrogen-bond acceptors (Lipinski definition) is 4. The van der Waals surface area contributed by atoms with Gasteiger partial charge in [0.05, 0.1) is 5.69 Å². The molecule has 0 aliphatic carbocycles. The van der Waals surface area contributed by atoms with Crippen LogP contribution in [0.5, 0.6) is 0 Å². The molecule has 2 rings (SSSR count). The highest BCUT2D eigenvalue weighted by Gasteiger charge is 2.12. The van der Waals surface area contributed by atoms with Gasteiger partial charge >= 0.3 is 5.69 Å². The van der Waals surface area contributed by atoms with Crippen LogP contribution in [0.1, 0.15) is 37.8 Å². The number of benzene rings is 1. The van der Waals surface area contributed by atoms with Crippen LogP contribution in [0.4, 0.5) is 5.95 Å². The van der Waals surface area contributed by atoms with E-state index in [1.807, 2.05) is 6.07 Å². The Hall–Kier alpha value is -2.17. The second kappa shape index (κ2) is 6.32. The highest BCUT2D eigenvalue weighted by molar-refractivity contribution is 5.48. The third-order valence-electron chi connectivity index (χ3n) is 3.20. The van der Waals surface area contributed by atoms with E-state index in [9.17, 15) is 4.79 Å². The fourth-order valence-corrected chi connectivity index (χ4v) is 2.40. The van der Waals surface area contributed by atoms with Gasteiger partial charge in [-0.3, -0.25) is 4.57 Å². The molecule has 1 aromatic heterocycles. The summed E-state index contributed by atoms with van der Waals surface area (Å²) in [4.78, 5) is 19.8. The Kier molecular flexibility index (Phi) is 4.50. The van der Waals surface area contributed by atoms with Crippen LogP contribution in [0.15, 0.2) is 29.3 Å². The molecule has 0 saturated heterocycles. The highest BCUT2D eigenvalue weighted by atomic mass is 16.1. The number of rotatable bonds is 5. The smallest absolute Gasteiger partial charge is 0.356 e. The number of nitrogen functional groups attached to an aromatic ring is 1. The highest BCUT2D eigenvalue weighted by Crippen LogP contribution is 2.21. The molecule has 0 atom stereocenters. The fraction of sp³-hybridized carbons (Fsp3) is 0.400. The summed E-state index contributed by atoms with van der Waals surface area (Å²) in [7, 11) is 0. The summed E-state index contributed by atoms with van der Waals surface area (Å²) >= 11 is 0. The lowest BCUT2D eigenvalue weighted by molar-refractivity contribution is 0.811. The van der Waals surface area contributed by atoms with E-state index >= 15 is 0 Å². The molecule has 5 nitrogen and oxygen atoms in total. The maximum Gasteiger partial charge on any atom is 0.356 e. The Morgan fingerprint density at radius 2 is 1.75 bits per heavy atom. The summed E-state index contributed by atoms with van der Waals surface area (Å²) < 4.78 is 1.51. The van der Waals surface area contributed by atoms with Crippen LogP contribution < -0.4 is 11.4 Å². The average Bonchev–Trinajstić information content (AvgIpc) is 2.41. The first-order valence-electron chi connectivity index (χ1n) is 6.99. The molecule has 1 aromatic carbocycles. The lowest BCUT2D eigenvalue weighted by Crippen LogP contribution is -2.25. The van der Waals surface area contributed by atoms with Crippen molar-refractivity contribution < 1.29 is 0 Å². The monoisotopic (exact) mass is 272 g/mol. The van der Waals surface area contributed by atoms with Crippen LogP contribution in [0.2, 0.25) is 0 Å². The molecule has 2 aromatic rings. The number of nitrogens with zero attached hydrogens (tertiary/aromatic N) is 3. The number of aromatic nitrogens is 3. The Morgan fingerprint density at radius 3 is 2.25 bits per heavy atom. The van der Waals surface area contributed by atoms with Crippen LogP contribution in [0, 0.1) is 0 Å². The van der Waals surface area contributed by atoms with E-state index in [4.69, 9.17) is 5.73 Å². The van der Waals surface area contributed by atoms with E-state index in [1.165, 1.54) is 10.9 Å². The van der Waals surface area contributed by atoms with Crippen molar-refractivity contribution >= 4 is 5.95 Å². The Morgan fingerprint density at radius 1 is 1.15 bits per heavy atom. The van der Waals surface area contributed by atoms with Crippen molar-refractivity contribution in [3.8, 4) is 5.69 Å². The van der Waals surface area contributed by atoms with Crippen molar-refractivity contribution in [2.75, 3.05) is 5.73 Å². The van der Waals surface area contributed by atoms with Gasteiger partial charge in [-0.15, -0.1) is 0 Å². The SMILES string of the molecule is CCCc1cccc(CCC)c1-n1cnc(N)nc1=O. The van der Waals surface area contributed by atoms with E-state index in [2.05, 4.69) is 35.9 Å². The number of para-hydroxylation sites is 1. The van der Waals surface area contributed by atoms with Gasteiger partial charge in [0.2, 0.25) is 5.95 Å². The molecular weight excluding hydrogens is 252 g/mol. The van der Waals surface area contributed by atoms with Gasteiger partial charge in [0, 0.05) is 0 Å². The molecule has 0 saturated carbocycles. The molecule has 2 N–H and O–H groups in total. The van der Waals surface area contributed by atoms with Gasteiger partial charge in [-0.2, -0.15) is 4.98 Å². The second-order valence-corrected chi connectivity index (χ2v) is 4.79. The van der Waals surface area contributed by atoms with Gasteiger partial charge in [-0.1, -0.05) is 44.9 Å². The molecule has 20 heavy (non-hydrogen) atoms. The normalized spacial score (nSPS) is 10.7. The second-order valence-electron chi connectivity index (χ2n) is 4.79. The maximum atomic E-state index is 12.1. The molecule has 1 heterocycles. The molecule has 0 bridgehead atoms. The number of hydrogen-bond donors (Lipinski definition) is 1. The summed E-state index contributed by atoms with van der Waals surface area (Å²) in [6, 6.07) is 6.16. The van der Waals surface area contributed by atoms with E-state index in [0.29, 0.717) is 0 Å². The minimum atomic E-state index is -0.376. The molecule has 0 aliphatic rings. The molecule has 0 unspecified atom stereocenters. The van der Waals surface area contributed by atoms with Crippen molar-refractivity contribution in [2.45, 2.75) is 39.5 Å². The summed E-state index contributed by atoms with van der Waals surface area (Å²) in [5, 5.41) is 0. The lowest BCUT2D eigenvalue weighted by Gasteiger charge is -2.15. The molecule has 0 aliphatic heterocycles. The predicted octanol–water partition coefficient (Wildman–Crippen LogP) is 2.11. The average molecular weight is 272 g/mol. The van der Waals surface area contributed by atoms with Gasteiger partial charge in [-0.25, -0.2) is 9.78 Å². The largest absolute Gasteiger partial charge is 0.368 e. The minimum Gasteiger partial charge on any atom is -0.368 e. The van der Waals surface area contributed by atoms with Gasteiger partial charge in [-0.05, 0) is 24.0 Å². The van der Waals surface area contributed by atoms with E-state index in [0.717, 1.165) is 42.5 Å². The maximum absolute atomic E-state index is 12.1. The van der Waals surface area contributed by atoms with Crippen molar-refractivity contribution in [3.63, 3.8) is 0 Å². The summed E-state index contributed by atoms with van der Waals surface area (Å²) in [6.45, 7) is 4.25. The zero-order valence-electron chi connectivity index (χ0n) is 12.0. The number of anilines is 1. The molecule has 0 radical (unpaired) electrons. The van der Waals surface area contributed by atoms with E-state index in [1.54, 1.807) is 0 Å². The van der Waals surface area contributed by atoms with Gasteiger partial charge in [0.25, 0.3) is 0 Å². The first-order valence-corrected chi connectivity index (χ1v) is 6.99. The third kappa shape index (κ3) is 2.87. The first kappa shape index (κ1) is 14.2. The molecule has 0 fully saturated rings. The Bertz CT molecular complexity index is 624. The topological polar surface area (TPSA) is 73.8 Å². The van der Waals surface area contributed by atoms with Crippen LogP contribution in [0.25, 0.3) is 5.69 Å². The van der Waals surface area contributed by atoms with Crippen molar-refractivity contribution in [3.05, 3.63) is 46.1 Å². The molecule has 0 spiro atoms. The molecular formula is C15H20N4O. The molecule has 5 heteroatoms. The van der Waals surface area contributed by atoms with Crippen molar-refractivity contribution in [1.82, 2.24) is 14.5 Å². The van der Waals surface area contributed by atoms with E-state index < -0.39 is 0 Å². The summed E-state index contributed by atoms with van der Waals surface area (Å²) in [6.07, 6.45) is 5.35. The Labute approximate surface area is 118 Å². The standard InChI is InChI=1S/C15H20N4O/c1-3-6-11-8-5-9-12(7-4-2)13(11)19-10-17-14(16)18-15(19)20/h5,8-10H,3-4,6-7H2,1-2H3,(H2,16,18,20). The van der Waals surface area contributed by atoms with Crippen molar-refractivity contribution in [2.24, 2.45) is 0 Å². The first-order chi connectivity index (χ1) is 9.67. The number of nitrogens with two attached hydrogens (primary N) is 1. The van der Waals surface area contributed by atoms with Gasteiger partial charge in [0.15, 0.2) is 0 Å². The molecule has 0 amide bonds. The van der Waals surface area contributed by atoms with Crippen LogP contribution in [0.3, 0.4) is 0 Å². The summed E-state index contributed by atoms with van der Waals surface area (Å²) in [5.41, 5.74) is 8.30. The van der Waals surface area contributed by atoms with Crippen LogP contribution in [-0.4, -0.2) is 14.5 Å². The predicted molar refractivity (Wildman–Crippen MR) is 80.0 cm³/mol. The quantitative estimate of drug-likeness (QED) is 0.904. The summed E-state index contributed by atoms with van der Waals surface area (Å²) in [5.74, 6) is 0.0104. The van der Waals surface area contributed by atoms with Crippen LogP contribution in [-0.2, 0) is 12.8 Å². The zero-order chi connectivity index (χ0) is 14.5. The lowest BCUT2D eigenvalue weighted by atomic mass is 10.00. The van der Waals surface area contributed by atoms with Gasteiger partial charge < -0.3 is 5.73 Å². The number of aryl methyl sites for hydroxylation is 2. The third-order valence-corrected chi connectivity index (χ3v) is 3.20. The minimum absolute atomic E-state index is 0.0104. The molecule has 106 valence electrons.